The minimum Gasteiger partial charge on any atom is -0.462 e. The Labute approximate surface area is 212 Å². The first-order valence-corrected chi connectivity index (χ1v) is 13.1. The highest BCUT2D eigenvalue weighted by Gasteiger charge is 2.54. The van der Waals surface area contributed by atoms with Gasteiger partial charge in [-0.15, -0.1) is 0 Å². The van der Waals surface area contributed by atoms with Crippen molar-refractivity contribution >= 4 is 25.9 Å². The molecule has 1 aliphatic heterocycles. The molecule has 0 saturated carbocycles. The highest BCUT2D eigenvalue weighted by molar-refractivity contribution is 7.71. The number of para-hydroxylation sites is 1. The first-order valence-electron chi connectivity index (χ1n) is 11.2. The highest BCUT2D eigenvalue weighted by atomic mass is 32.1. The molecule has 36 heavy (non-hydrogen) atoms. The predicted octanol–water partition coefficient (Wildman–Crippen LogP) is 2.05. The Bertz CT molecular complexity index is 1220. The molecule has 0 radical (unpaired) electrons. The van der Waals surface area contributed by atoms with Crippen molar-refractivity contribution < 1.29 is 38.1 Å². The summed E-state index contributed by atoms with van der Waals surface area (Å²) in [6, 6.07) is 8.49. The number of H-pyrrole nitrogens is 1. The second-order valence-corrected chi connectivity index (χ2v) is 10.9. The van der Waals surface area contributed by atoms with Gasteiger partial charge in [0.25, 0.3) is 0 Å². The number of aromatic nitrogens is 2. The molecule has 12 nitrogen and oxygen atoms in total. The minimum absolute atomic E-state index is 0.185. The molecule has 2 aromatic rings. The van der Waals surface area contributed by atoms with Crippen molar-refractivity contribution in [1.82, 2.24) is 14.6 Å². The first kappa shape index (κ1) is 28.2. The monoisotopic (exact) mass is 543 g/mol. The van der Waals surface area contributed by atoms with E-state index >= 15 is 0 Å². The summed E-state index contributed by atoms with van der Waals surface area (Å²) in [5, 5.41) is 24.2. The van der Waals surface area contributed by atoms with E-state index in [2.05, 4.69) is 10.1 Å². The van der Waals surface area contributed by atoms with E-state index in [4.69, 9.17) is 30.7 Å². The zero-order chi connectivity index (χ0) is 26.7. The second-order valence-electron chi connectivity index (χ2n) is 8.75. The van der Waals surface area contributed by atoms with Gasteiger partial charge >= 0.3 is 19.4 Å². The highest BCUT2D eigenvalue weighted by Crippen LogP contribution is 2.46. The van der Waals surface area contributed by atoms with E-state index in [0.717, 1.165) is 4.57 Å². The molecule has 1 aliphatic rings. The standard InChI is InChI=1S/C22H30N3O9PS/c1-13(2)32-19(27)14(3)24-35(30,34-15-8-6-5-7-9-15)31-12-16-18(26)22(4,29)20(33-16)25-11-10-17(36)23-21(25)28/h5-11,13-14,16,18,20,26,29H,12H2,1-4H3,(H,24,30)(H,23,28,36). The van der Waals surface area contributed by atoms with Gasteiger partial charge in [0.2, 0.25) is 0 Å². The van der Waals surface area contributed by atoms with Crippen LogP contribution in [0.4, 0.5) is 0 Å². The lowest BCUT2D eigenvalue weighted by Crippen LogP contribution is -2.46. The molecule has 6 unspecified atom stereocenters. The summed E-state index contributed by atoms with van der Waals surface area (Å²) in [7, 11) is -4.24. The maximum atomic E-state index is 13.6. The average Bonchev–Trinajstić information content (AvgIpc) is 3.01. The van der Waals surface area contributed by atoms with Crippen LogP contribution in [0.1, 0.15) is 33.9 Å². The van der Waals surface area contributed by atoms with E-state index in [1.54, 1.807) is 44.2 Å². The summed E-state index contributed by atoms with van der Waals surface area (Å²) in [5.41, 5.74) is -2.57. The van der Waals surface area contributed by atoms with Gasteiger partial charge in [-0.1, -0.05) is 30.4 Å². The van der Waals surface area contributed by atoms with Crippen LogP contribution in [0, 0.1) is 4.64 Å². The van der Waals surface area contributed by atoms with Crippen molar-refractivity contribution in [3.63, 3.8) is 0 Å². The van der Waals surface area contributed by atoms with Gasteiger partial charge in [-0.2, -0.15) is 5.09 Å². The molecule has 1 saturated heterocycles. The smallest absolute Gasteiger partial charge is 0.459 e. The van der Waals surface area contributed by atoms with Crippen LogP contribution >= 0.6 is 20.0 Å². The number of esters is 1. The molecule has 2 heterocycles. The normalized spacial score (nSPS) is 26.4. The number of benzene rings is 1. The lowest BCUT2D eigenvalue weighted by molar-refractivity contribution is -0.149. The van der Waals surface area contributed by atoms with Crippen molar-refractivity contribution in [3.8, 4) is 5.75 Å². The van der Waals surface area contributed by atoms with Crippen molar-refractivity contribution in [1.29, 1.82) is 0 Å². The molecule has 3 rings (SSSR count). The second kappa shape index (κ2) is 11.3. The summed E-state index contributed by atoms with van der Waals surface area (Å²) < 4.78 is 36.8. The molecule has 14 heteroatoms. The topological polar surface area (TPSA) is 161 Å². The lowest BCUT2D eigenvalue weighted by Gasteiger charge is -2.27. The Morgan fingerprint density at radius 3 is 2.58 bits per heavy atom. The number of aliphatic hydroxyl groups excluding tert-OH is 1. The van der Waals surface area contributed by atoms with Gasteiger partial charge in [-0.25, -0.2) is 9.36 Å². The van der Waals surface area contributed by atoms with Crippen molar-refractivity contribution in [2.75, 3.05) is 6.61 Å². The van der Waals surface area contributed by atoms with Crippen molar-refractivity contribution in [3.05, 3.63) is 57.7 Å². The van der Waals surface area contributed by atoms with E-state index < -0.39 is 62.2 Å². The van der Waals surface area contributed by atoms with Gasteiger partial charge in [0.1, 0.15) is 34.2 Å². The fourth-order valence-corrected chi connectivity index (χ4v) is 5.15. The number of nitrogens with zero attached hydrogens (tertiary/aromatic N) is 1. The van der Waals surface area contributed by atoms with Gasteiger partial charge < -0.3 is 24.2 Å². The van der Waals surface area contributed by atoms with Gasteiger partial charge in [-0.3, -0.25) is 18.9 Å². The molecule has 6 atom stereocenters. The molecule has 0 aliphatic carbocycles. The molecule has 0 amide bonds. The van der Waals surface area contributed by atoms with Crippen LogP contribution in [0.2, 0.25) is 0 Å². The summed E-state index contributed by atoms with van der Waals surface area (Å²) in [6.07, 6.45) is -3.13. The fraction of sp³-hybridized carbons (Fsp3) is 0.500. The molecule has 4 N–H and O–H groups in total. The first-order chi connectivity index (χ1) is 16.8. The van der Waals surface area contributed by atoms with Crippen LogP contribution in [0.25, 0.3) is 0 Å². The molecule has 0 spiro atoms. The average molecular weight is 544 g/mol. The molecule has 0 bridgehead atoms. The Morgan fingerprint density at radius 2 is 1.97 bits per heavy atom. The van der Waals surface area contributed by atoms with E-state index in [0.29, 0.717) is 0 Å². The maximum absolute atomic E-state index is 13.6. The summed E-state index contributed by atoms with van der Waals surface area (Å²) in [6.45, 7) is 5.55. The molecule has 1 aromatic heterocycles. The number of aliphatic hydroxyl groups is 2. The van der Waals surface area contributed by atoms with Crippen LogP contribution in [0.15, 0.2) is 47.4 Å². The third-order valence-electron chi connectivity index (χ3n) is 5.29. The van der Waals surface area contributed by atoms with Crippen LogP contribution in [0.3, 0.4) is 0 Å². The van der Waals surface area contributed by atoms with Gasteiger partial charge in [0.05, 0.1) is 12.7 Å². The number of hydrogen-bond acceptors (Lipinski definition) is 10. The van der Waals surface area contributed by atoms with Gasteiger partial charge in [-0.05, 0) is 45.9 Å². The number of ether oxygens (including phenoxy) is 2. The third kappa shape index (κ3) is 6.68. The van der Waals surface area contributed by atoms with Crippen molar-refractivity contribution in [2.24, 2.45) is 0 Å². The summed E-state index contributed by atoms with van der Waals surface area (Å²) in [5.74, 6) is -0.479. The zero-order valence-corrected chi connectivity index (χ0v) is 21.9. The van der Waals surface area contributed by atoms with Gasteiger partial charge in [0, 0.05) is 6.20 Å². The number of aromatic amines is 1. The number of carbonyl (C=O) groups is 1. The predicted molar refractivity (Wildman–Crippen MR) is 131 cm³/mol. The van der Waals surface area contributed by atoms with E-state index in [1.165, 1.54) is 26.1 Å². The lowest BCUT2D eigenvalue weighted by atomic mass is 9.96. The molecule has 1 fully saturated rings. The van der Waals surface area contributed by atoms with Crippen LogP contribution in [0.5, 0.6) is 5.75 Å². The molecular formula is C22H30N3O9PS. The number of rotatable bonds is 10. The molecular weight excluding hydrogens is 513 g/mol. The Morgan fingerprint density at radius 1 is 1.31 bits per heavy atom. The Kier molecular flexibility index (Phi) is 8.88. The Hall–Kier alpha value is -2.38. The zero-order valence-electron chi connectivity index (χ0n) is 20.2. The van der Waals surface area contributed by atoms with Crippen molar-refractivity contribution in [2.45, 2.75) is 63.9 Å². The maximum Gasteiger partial charge on any atom is 0.459 e. The minimum atomic E-state index is -4.24. The summed E-state index contributed by atoms with van der Waals surface area (Å²) >= 11 is 4.92. The number of hydrogen-bond donors (Lipinski definition) is 4. The van der Waals surface area contributed by atoms with Crippen LogP contribution < -0.4 is 15.3 Å². The number of carbonyl (C=O) groups excluding carboxylic acids is 1. The molecule has 198 valence electrons. The number of nitrogens with one attached hydrogen (secondary N) is 2. The molecule has 1 aromatic carbocycles. The van der Waals surface area contributed by atoms with E-state index in [1.807, 2.05) is 0 Å². The Balaban J connectivity index is 1.80. The largest absolute Gasteiger partial charge is 0.462 e. The van der Waals surface area contributed by atoms with E-state index in [-0.39, 0.29) is 10.4 Å². The fourth-order valence-electron chi connectivity index (χ4n) is 3.50. The third-order valence-corrected chi connectivity index (χ3v) is 7.17. The van der Waals surface area contributed by atoms with Crippen LogP contribution in [-0.2, 0) is 23.4 Å². The summed E-state index contributed by atoms with van der Waals surface area (Å²) in [4.78, 5) is 27.0. The van der Waals surface area contributed by atoms with Crippen LogP contribution in [-0.4, -0.2) is 62.3 Å². The SMILES string of the molecule is CC(C)OC(=O)C(C)NP(=O)(OCC1OC(n2ccc(=S)[nH]c2=O)C(C)(O)C1O)Oc1ccccc1. The van der Waals surface area contributed by atoms with Gasteiger partial charge in [0.15, 0.2) is 6.23 Å². The van der Waals surface area contributed by atoms with E-state index in [9.17, 15) is 24.4 Å². The quantitative estimate of drug-likeness (QED) is 0.197.